The van der Waals surface area contributed by atoms with Crippen molar-refractivity contribution in [3.63, 3.8) is 0 Å². The quantitative estimate of drug-likeness (QED) is 0.731. The van der Waals surface area contributed by atoms with Crippen LogP contribution in [0, 0.1) is 24.5 Å². The number of carbonyl (C=O) groups is 2. The van der Waals surface area contributed by atoms with Crippen LogP contribution in [0.3, 0.4) is 0 Å². The van der Waals surface area contributed by atoms with Gasteiger partial charge in [0.25, 0.3) is 5.91 Å². The number of rotatable bonds is 3. The molecule has 2 aromatic carbocycles. The van der Waals surface area contributed by atoms with Gasteiger partial charge in [-0.3, -0.25) is 14.2 Å². The molecular weight excluding hydrogens is 350 g/mol. The van der Waals surface area contributed by atoms with Gasteiger partial charge in [-0.25, -0.2) is 8.78 Å². The number of aromatic nitrogens is 1. The monoisotopic (exact) mass is 368 g/mol. The third-order valence-electron chi connectivity index (χ3n) is 5.11. The number of nitrogens with zero attached hydrogens (tertiary/aromatic N) is 1. The van der Waals surface area contributed by atoms with Crippen LogP contribution in [-0.2, 0) is 4.79 Å². The van der Waals surface area contributed by atoms with E-state index < -0.39 is 23.1 Å². The summed E-state index contributed by atoms with van der Waals surface area (Å²) in [4.78, 5) is 24.9. The minimum absolute atomic E-state index is 0.00117. The normalized spacial score (nSPS) is 14.2. The van der Waals surface area contributed by atoms with E-state index in [1.807, 2.05) is 0 Å². The van der Waals surface area contributed by atoms with E-state index in [0.29, 0.717) is 22.3 Å². The highest BCUT2D eigenvalue weighted by molar-refractivity contribution is 6.04. The van der Waals surface area contributed by atoms with Crippen LogP contribution in [0.15, 0.2) is 42.5 Å². The van der Waals surface area contributed by atoms with Gasteiger partial charge >= 0.3 is 0 Å². The molecule has 4 rings (SSSR count). The molecule has 1 fully saturated rings. The summed E-state index contributed by atoms with van der Waals surface area (Å²) in [5, 5.41) is 3.60. The summed E-state index contributed by atoms with van der Waals surface area (Å²) >= 11 is 0. The zero-order valence-corrected chi connectivity index (χ0v) is 14.8. The Morgan fingerprint density at radius 1 is 1.07 bits per heavy atom. The van der Waals surface area contributed by atoms with Crippen molar-refractivity contribution in [1.82, 2.24) is 4.57 Å². The predicted octanol–water partition coefficient (Wildman–Crippen LogP) is 4.66. The van der Waals surface area contributed by atoms with Crippen LogP contribution in [0.5, 0.6) is 0 Å². The SMILES string of the molecule is Cc1cc2cc(NC(=O)C3CCC3)ccc2n1C(=O)c1c(F)cccc1F. The Balaban J connectivity index is 1.71. The van der Waals surface area contributed by atoms with Crippen molar-refractivity contribution >= 4 is 28.4 Å². The Labute approximate surface area is 154 Å². The van der Waals surface area contributed by atoms with Gasteiger partial charge in [-0.2, -0.15) is 0 Å². The molecule has 4 nitrogen and oxygen atoms in total. The predicted molar refractivity (Wildman–Crippen MR) is 98.7 cm³/mol. The lowest BCUT2D eigenvalue weighted by Gasteiger charge is -2.24. The minimum Gasteiger partial charge on any atom is -0.326 e. The number of halogens is 2. The van der Waals surface area contributed by atoms with Crippen LogP contribution in [-0.4, -0.2) is 16.4 Å². The van der Waals surface area contributed by atoms with Gasteiger partial charge < -0.3 is 5.32 Å². The maximum atomic E-state index is 14.0. The van der Waals surface area contributed by atoms with Crippen molar-refractivity contribution in [3.8, 4) is 0 Å². The number of hydrogen-bond donors (Lipinski definition) is 1. The van der Waals surface area contributed by atoms with Gasteiger partial charge in [-0.1, -0.05) is 12.5 Å². The third-order valence-corrected chi connectivity index (χ3v) is 5.11. The molecular formula is C21H18F2N2O2. The van der Waals surface area contributed by atoms with E-state index in [0.717, 1.165) is 31.4 Å². The molecule has 0 aliphatic heterocycles. The second-order valence-corrected chi connectivity index (χ2v) is 6.91. The standard InChI is InChI=1S/C21H18F2N2O2/c1-12-10-14-11-15(24-20(26)13-4-2-5-13)8-9-18(14)25(12)21(27)19-16(22)6-3-7-17(19)23/h3,6-11,13H,2,4-5H2,1H3,(H,24,26). The molecule has 3 aromatic rings. The second-order valence-electron chi connectivity index (χ2n) is 6.91. The van der Waals surface area contributed by atoms with Crippen LogP contribution in [0.1, 0.15) is 35.3 Å². The number of aryl methyl sites for hydroxylation is 1. The number of carbonyl (C=O) groups excluding carboxylic acids is 2. The first-order valence-corrected chi connectivity index (χ1v) is 8.87. The van der Waals surface area contributed by atoms with Gasteiger partial charge in [0.15, 0.2) is 0 Å². The lowest BCUT2D eigenvalue weighted by Crippen LogP contribution is -2.27. The summed E-state index contributed by atoms with van der Waals surface area (Å²) in [7, 11) is 0. The zero-order valence-electron chi connectivity index (χ0n) is 14.8. The first-order valence-electron chi connectivity index (χ1n) is 8.87. The third kappa shape index (κ3) is 3.01. The van der Waals surface area contributed by atoms with Crippen LogP contribution >= 0.6 is 0 Å². The van der Waals surface area contributed by atoms with Crippen LogP contribution in [0.2, 0.25) is 0 Å². The van der Waals surface area contributed by atoms with Crippen molar-refractivity contribution in [2.45, 2.75) is 26.2 Å². The van der Waals surface area contributed by atoms with E-state index in [1.165, 1.54) is 10.6 Å². The van der Waals surface area contributed by atoms with Gasteiger partial charge in [0.1, 0.15) is 17.2 Å². The van der Waals surface area contributed by atoms with Gasteiger partial charge in [-0.15, -0.1) is 0 Å². The molecule has 138 valence electrons. The first-order chi connectivity index (χ1) is 13.0. The van der Waals surface area contributed by atoms with Crippen LogP contribution < -0.4 is 5.32 Å². The lowest BCUT2D eigenvalue weighted by molar-refractivity contribution is -0.122. The Morgan fingerprint density at radius 2 is 1.78 bits per heavy atom. The second kappa shape index (κ2) is 6.61. The molecule has 1 aliphatic carbocycles. The number of fused-ring (bicyclic) bond motifs is 1. The number of hydrogen-bond acceptors (Lipinski definition) is 2. The minimum atomic E-state index is -0.898. The number of benzene rings is 2. The number of anilines is 1. The summed E-state index contributed by atoms with van der Waals surface area (Å²) in [5.41, 5.74) is 1.14. The molecule has 0 saturated heterocycles. The number of nitrogens with one attached hydrogen (secondary N) is 1. The smallest absolute Gasteiger partial charge is 0.268 e. The highest BCUT2D eigenvalue weighted by atomic mass is 19.1. The van der Waals surface area contributed by atoms with Crippen molar-refractivity contribution in [2.24, 2.45) is 5.92 Å². The van der Waals surface area contributed by atoms with Crippen LogP contribution in [0.25, 0.3) is 10.9 Å². The fraction of sp³-hybridized carbons (Fsp3) is 0.238. The summed E-state index contributed by atoms with van der Waals surface area (Å²) in [5.74, 6) is -2.49. The molecule has 0 radical (unpaired) electrons. The van der Waals surface area contributed by atoms with E-state index in [9.17, 15) is 18.4 Å². The maximum Gasteiger partial charge on any atom is 0.268 e. The Kier molecular flexibility index (Phi) is 4.26. The summed E-state index contributed by atoms with van der Waals surface area (Å²) in [6.07, 6.45) is 2.90. The molecule has 1 aliphatic rings. The summed E-state index contributed by atoms with van der Waals surface area (Å²) < 4.78 is 29.3. The molecule has 6 heteroatoms. The molecule has 1 N–H and O–H groups in total. The molecule has 1 amide bonds. The van der Waals surface area contributed by atoms with E-state index in [1.54, 1.807) is 31.2 Å². The highest BCUT2D eigenvalue weighted by Crippen LogP contribution is 2.29. The molecule has 0 spiro atoms. The average molecular weight is 368 g/mol. The Bertz CT molecular complexity index is 1050. The van der Waals surface area contributed by atoms with Gasteiger partial charge in [0, 0.05) is 22.7 Å². The fourth-order valence-corrected chi connectivity index (χ4v) is 3.43. The number of amides is 1. The summed E-state index contributed by atoms with van der Waals surface area (Å²) in [6, 6.07) is 10.2. The van der Waals surface area contributed by atoms with Crippen molar-refractivity contribution in [2.75, 3.05) is 5.32 Å². The van der Waals surface area contributed by atoms with Crippen molar-refractivity contribution < 1.29 is 18.4 Å². The molecule has 1 heterocycles. The van der Waals surface area contributed by atoms with E-state index in [-0.39, 0.29) is 11.8 Å². The topological polar surface area (TPSA) is 51.1 Å². The van der Waals surface area contributed by atoms with E-state index in [2.05, 4.69) is 5.32 Å². The Hall–Kier alpha value is -3.02. The van der Waals surface area contributed by atoms with Gasteiger partial charge in [0.2, 0.25) is 5.91 Å². The van der Waals surface area contributed by atoms with Gasteiger partial charge in [-0.05, 0) is 56.2 Å². The zero-order chi connectivity index (χ0) is 19.1. The molecule has 0 unspecified atom stereocenters. The molecule has 0 atom stereocenters. The molecule has 27 heavy (non-hydrogen) atoms. The lowest BCUT2D eigenvalue weighted by atomic mass is 9.85. The first kappa shape index (κ1) is 17.4. The van der Waals surface area contributed by atoms with Crippen molar-refractivity contribution in [3.05, 3.63) is 65.4 Å². The fourth-order valence-electron chi connectivity index (χ4n) is 3.43. The average Bonchev–Trinajstić information content (AvgIpc) is 2.87. The van der Waals surface area contributed by atoms with Gasteiger partial charge in [0.05, 0.1) is 5.52 Å². The van der Waals surface area contributed by atoms with Crippen LogP contribution in [0.4, 0.5) is 14.5 Å². The molecule has 0 bridgehead atoms. The molecule has 1 saturated carbocycles. The summed E-state index contributed by atoms with van der Waals surface area (Å²) in [6.45, 7) is 1.70. The molecule has 1 aromatic heterocycles. The maximum absolute atomic E-state index is 14.0. The Morgan fingerprint density at radius 3 is 2.41 bits per heavy atom. The highest BCUT2D eigenvalue weighted by Gasteiger charge is 2.25. The van der Waals surface area contributed by atoms with E-state index >= 15 is 0 Å². The largest absolute Gasteiger partial charge is 0.326 e. The van der Waals surface area contributed by atoms with E-state index in [4.69, 9.17) is 0 Å². The van der Waals surface area contributed by atoms with Crippen molar-refractivity contribution in [1.29, 1.82) is 0 Å².